The molecule has 24 heavy (non-hydrogen) atoms. The maximum absolute atomic E-state index is 11.9. The second kappa shape index (κ2) is 5.85. The Morgan fingerprint density at radius 3 is 2.88 bits per heavy atom. The van der Waals surface area contributed by atoms with Crippen molar-refractivity contribution in [3.8, 4) is 11.5 Å². The van der Waals surface area contributed by atoms with Gasteiger partial charge in [0, 0.05) is 12.0 Å². The van der Waals surface area contributed by atoms with E-state index in [9.17, 15) is 9.59 Å². The lowest BCUT2D eigenvalue weighted by atomic mass is 10.0. The molecule has 2 amide bonds. The van der Waals surface area contributed by atoms with Crippen LogP contribution in [0.5, 0.6) is 11.5 Å². The van der Waals surface area contributed by atoms with Crippen molar-refractivity contribution in [2.45, 2.75) is 6.42 Å². The maximum Gasteiger partial charge on any atom is 0.259 e. The van der Waals surface area contributed by atoms with Gasteiger partial charge in [0.15, 0.2) is 11.5 Å². The first kappa shape index (κ1) is 14.5. The number of carbonyl (C=O) groups is 2. The van der Waals surface area contributed by atoms with E-state index in [1.54, 1.807) is 12.1 Å². The largest absolute Gasteiger partial charge is 0.489 e. The molecule has 0 fully saturated rings. The molecular weight excluding hydrogens is 306 g/mol. The molecular formula is C19H15NO4. The van der Waals surface area contributed by atoms with Gasteiger partial charge in [-0.15, -0.1) is 0 Å². The monoisotopic (exact) mass is 321 g/mol. The Hall–Kier alpha value is -3.08. The minimum Gasteiger partial charge on any atom is -0.489 e. The molecule has 2 aromatic rings. The fourth-order valence-electron chi connectivity index (χ4n) is 3.01. The molecule has 2 heterocycles. The molecule has 0 unspecified atom stereocenters. The van der Waals surface area contributed by atoms with E-state index in [4.69, 9.17) is 9.47 Å². The molecule has 0 aromatic heterocycles. The van der Waals surface area contributed by atoms with Crippen LogP contribution in [-0.4, -0.2) is 25.0 Å². The number of amides is 2. The molecule has 0 saturated heterocycles. The predicted molar refractivity (Wildman–Crippen MR) is 88.4 cm³/mol. The number of rotatable bonds is 4. The lowest BCUT2D eigenvalue weighted by molar-refractivity contribution is 0.0879. The van der Waals surface area contributed by atoms with Crippen LogP contribution in [0.3, 0.4) is 0 Å². The third kappa shape index (κ3) is 2.44. The molecule has 120 valence electrons. The summed E-state index contributed by atoms with van der Waals surface area (Å²) >= 11 is 0. The van der Waals surface area contributed by atoms with Crippen molar-refractivity contribution >= 4 is 17.9 Å². The summed E-state index contributed by atoms with van der Waals surface area (Å²) in [7, 11) is 0. The molecule has 0 spiro atoms. The van der Waals surface area contributed by atoms with Crippen molar-refractivity contribution in [3.05, 3.63) is 64.7 Å². The number of para-hydroxylation sites is 1. The second-order valence-electron chi connectivity index (χ2n) is 5.61. The first-order valence-electron chi connectivity index (χ1n) is 7.77. The number of ether oxygens (including phenoxy) is 2. The van der Waals surface area contributed by atoms with E-state index in [1.165, 1.54) is 0 Å². The number of hydrogen-bond donors (Lipinski definition) is 1. The third-order valence-corrected chi connectivity index (χ3v) is 4.11. The highest BCUT2D eigenvalue weighted by Gasteiger charge is 2.28. The van der Waals surface area contributed by atoms with Crippen molar-refractivity contribution in [1.29, 1.82) is 0 Å². The summed E-state index contributed by atoms with van der Waals surface area (Å²) in [5.41, 5.74) is 2.69. The fraction of sp³-hybridized carbons (Fsp3) is 0.158. The van der Waals surface area contributed by atoms with E-state index >= 15 is 0 Å². The normalized spacial score (nSPS) is 14.7. The first-order valence-corrected chi connectivity index (χ1v) is 7.77. The zero-order valence-electron chi connectivity index (χ0n) is 12.9. The standard InChI is InChI=1S/C19H15NO4/c21-18-14-7-1-4-12(16(14)19(22)20-18)9-11-23-15-8-2-5-13-6-3-10-24-17(13)15/h1-8H,9-11H2,(H,20,21,22). The number of nitrogens with one attached hydrogen (secondary N) is 1. The van der Waals surface area contributed by atoms with Crippen molar-refractivity contribution in [2.75, 3.05) is 13.2 Å². The van der Waals surface area contributed by atoms with E-state index in [0.717, 1.165) is 16.9 Å². The van der Waals surface area contributed by atoms with Crippen LogP contribution < -0.4 is 14.8 Å². The molecule has 2 aliphatic heterocycles. The lowest BCUT2D eigenvalue weighted by Crippen LogP contribution is -2.20. The van der Waals surface area contributed by atoms with Crippen LogP contribution in [0, 0.1) is 0 Å². The van der Waals surface area contributed by atoms with Crippen LogP contribution in [0.2, 0.25) is 0 Å². The number of benzene rings is 2. The Kier molecular flexibility index (Phi) is 3.54. The van der Waals surface area contributed by atoms with Gasteiger partial charge in [-0.2, -0.15) is 0 Å². The zero-order chi connectivity index (χ0) is 16.5. The van der Waals surface area contributed by atoms with Crippen LogP contribution in [0.15, 0.2) is 42.5 Å². The lowest BCUT2D eigenvalue weighted by Gasteiger charge is -2.17. The maximum atomic E-state index is 11.9. The van der Waals surface area contributed by atoms with Crippen LogP contribution in [0.25, 0.3) is 6.08 Å². The van der Waals surface area contributed by atoms with Crippen LogP contribution in [0.1, 0.15) is 31.8 Å². The highest BCUT2D eigenvalue weighted by atomic mass is 16.5. The molecule has 5 nitrogen and oxygen atoms in total. The van der Waals surface area contributed by atoms with E-state index in [-0.39, 0.29) is 11.8 Å². The van der Waals surface area contributed by atoms with Gasteiger partial charge in [-0.25, -0.2) is 0 Å². The highest BCUT2D eigenvalue weighted by Crippen LogP contribution is 2.34. The van der Waals surface area contributed by atoms with Gasteiger partial charge in [0.05, 0.1) is 17.7 Å². The summed E-state index contributed by atoms with van der Waals surface area (Å²) < 4.78 is 11.5. The smallest absolute Gasteiger partial charge is 0.259 e. The Morgan fingerprint density at radius 2 is 1.96 bits per heavy atom. The molecule has 0 aliphatic carbocycles. The molecule has 1 N–H and O–H groups in total. The summed E-state index contributed by atoms with van der Waals surface area (Å²) in [6, 6.07) is 11.0. The molecule has 0 atom stereocenters. The van der Waals surface area contributed by atoms with E-state index in [0.29, 0.717) is 36.5 Å². The van der Waals surface area contributed by atoms with Gasteiger partial charge in [0.2, 0.25) is 0 Å². The van der Waals surface area contributed by atoms with Gasteiger partial charge < -0.3 is 9.47 Å². The van der Waals surface area contributed by atoms with Gasteiger partial charge in [-0.3, -0.25) is 14.9 Å². The summed E-state index contributed by atoms with van der Waals surface area (Å²) in [6.45, 7) is 0.920. The Balaban J connectivity index is 1.51. The second-order valence-corrected chi connectivity index (χ2v) is 5.61. The zero-order valence-corrected chi connectivity index (χ0v) is 12.9. The van der Waals surface area contributed by atoms with E-state index < -0.39 is 0 Å². The van der Waals surface area contributed by atoms with E-state index in [1.807, 2.05) is 36.4 Å². The molecule has 0 saturated carbocycles. The number of carbonyl (C=O) groups excluding carboxylic acids is 2. The van der Waals surface area contributed by atoms with Gasteiger partial charge in [0.1, 0.15) is 6.61 Å². The predicted octanol–water partition coefficient (Wildman–Crippen LogP) is 2.60. The average molecular weight is 321 g/mol. The third-order valence-electron chi connectivity index (χ3n) is 4.11. The number of fused-ring (bicyclic) bond motifs is 2. The molecule has 2 aromatic carbocycles. The fourth-order valence-corrected chi connectivity index (χ4v) is 3.01. The molecule has 0 radical (unpaired) electrons. The van der Waals surface area contributed by atoms with Crippen LogP contribution in [0.4, 0.5) is 0 Å². The number of imide groups is 1. The minimum absolute atomic E-state index is 0.337. The van der Waals surface area contributed by atoms with Crippen molar-refractivity contribution in [3.63, 3.8) is 0 Å². The van der Waals surface area contributed by atoms with Gasteiger partial charge >= 0.3 is 0 Å². The summed E-state index contributed by atoms with van der Waals surface area (Å²) in [5.74, 6) is 0.752. The van der Waals surface area contributed by atoms with E-state index in [2.05, 4.69) is 5.32 Å². The van der Waals surface area contributed by atoms with Crippen molar-refractivity contribution in [2.24, 2.45) is 0 Å². The number of hydrogen-bond acceptors (Lipinski definition) is 4. The average Bonchev–Trinajstić information content (AvgIpc) is 2.90. The van der Waals surface area contributed by atoms with Gasteiger partial charge in [-0.05, 0) is 23.8 Å². The minimum atomic E-state index is -0.338. The molecule has 5 heteroatoms. The van der Waals surface area contributed by atoms with Crippen molar-refractivity contribution in [1.82, 2.24) is 5.32 Å². The van der Waals surface area contributed by atoms with Crippen LogP contribution in [-0.2, 0) is 6.42 Å². The Bertz CT molecular complexity index is 870. The Labute approximate surface area is 138 Å². The van der Waals surface area contributed by atoms with Gasteiger partial charge in [-0.1, -0.05) is 30.3 Å². The highest BCUT2D eigenvalue weighted by molar-refractivity contribution is 6.22. The van der Waals surface area contributed by atoms with Gasteiger partial charge in [0.25, 0.3) is 11.8 Å². The first-order chi connectivity index (χ1) is 11.7. The summed E-state index contributed by atoms with van der Waals surface area (Å²) in [6.07, 6.45) is 4.49. The van der Waals surface area contributed by atoms with Crippen LogP contribution >= 0.6 is 0 Å². The molecule has 4 rings (SSSR count). The Morgan fingerprint density at radius 1 is 1.08 bits per heavy atom. The quantitative estimate of drug-likeness (QED) is 0.879. The molecule has 2 aliphatic rings. The topological polar surface area (TPSA) is 64.6 Å². The van der Waals surface area contributed by atoms with Crippen molar-refractivity contribution < 1.29 is 19.1 Å². The summed E-state index contributed by atoms with van der Waals surface area (Å²) in [4.78, 5) is 23.6. The summed E-state index contributed by atoms with van der Waals surface area (Å²) in [5, 5.41) is 2.33. The SMILES string of the molecule is O=C1NC(=O)c2c(CCOc3cccc4c3OCC=C4)cccc21. The molecule has 0 bridgehead atoms.